The topological polar surface area (TPSA) is 40.5 Å². The van der Waals surface area contributed by atoms with Crippen molar-refractivity contribution in [3.05, 3.63) is 42.5 Å². The van der Waals surface area contributed by atoms with E-state index in [9.17, 15) is 9.90 Å². The van der Waals surface area contributed by atoms with Gasteiger partial charge in [0.1, 0.15) is 6.04 Å². The number of likely N-dealkylation sites (N-methyl/N-ethyl adjacent to an activating group) is 1. The smallest absolute Gasteiger partial charge is 0.326 e. The average molecular weight is 257 g/mol. The second-order valence-corrected chi connectivity index (χ2v) is 4.55. The van der Waals surface area contributed by atoms with Crippen molar-refractivity contribution >= 4 is 22.4 Å². The third-order valence-corrected chi connectivity index (χ3v) is 3.46. The van der Waals surface area contributed by atoms with Gasteiger partial charge in [0.25, 0.3) is 0 Å². The third-order valence-electron chi connectivity index (χ3n) is 3.46. The molecule has 0 fully saturated rings. The standard InChI is InChI=1S/C16H19NO2/c1-3-14(16(18)19)17(4-2)15-11-7-9-12-8-5-6-10-13(12)15/h5-11,14H,3-4H2,1-2H3,(H,18,19)/t14-/m0/s1. The molecule has 2 rings (SSSR count). The molecule has 100 valence electrons. The number of carboxylic acid groups (broad SMARTS) is 1. The molecule has 0 spiro atoms. The molecule has 0 aliphatic heterocycles. The fourth-order valence-electron chi connectivity index (χ4n) is 2.55. The van der Waals surface area contributed by atoms with Crippen LogP contribution in [-0.2, 0) is 4.79 Å². The summed E-state index contributed by atoms with van der Waals surface area (Å²) in [5.74, 6) is -0.766. The van der Waals surface area contributed by atoms with Gasteiger partial charge in [-0.05, 0) is 24.8 Å². The third kappa shape index (κ3) is 2.55. The fourth-order valence-corrected chi connectivity index (χ4v) is 2.55. The minimum Gasteiger partial charge on any atom is -0.480 e. The van der Waals surface area contributed by atoms with Crippen LogP contribution in [-0.4, -0.2) is 23.7 Å². The van der Waals surface area contributed by atoms with Gasteiger partial charge in [-0.3, -0.25) is 0 Å². The molecule has 0 unspecified atom stereocenters. The molecule has 0 aliphatic carbocycles. The van der Waals surface area contributed by atoms with Crippen molar-refractivity contribution in [1.29, 1.82) is 0 Å². The molecule has 0 aliphatic rings. The first-order chi connectivity index (χ1) is 9.19. The van der Waals surface area contributed by atoms with Crippen molar-refractivity contribution in [2.24, 2.45) is 0 Å². The first kappa shape index (κ1) is 13.4. The van der Waals surface area contributed by atoms with E-state index in [1.54, 1.807) is 0 Å². The van der Waals surface area contributed by atoms with Crippen LogP contribution < -0.4 is 4.90 Å². The van der Waals surface area contributed by atoms with E-state index >= 15 is 0 Å². The number of hydrogen-bond donors (Lipinski definition) is 1. The van der Waals surface area contributed by atoms with Gasteiger partial charge >= 0.3 is 5.97 Å². The summed E-state index contributed by atoms with van der Waals surface area (Å²) in [7, 11) is 0. The second kappa shape index (κ2) is 5.74. The van der Waals surface area contributed by atoms with E-state index in [2.05, 4.69) is 0 Å². The number of carboxylic acids is 1. The van der Waals surface area contributed by atoms with Crippen LogP contribution in [0.4, 0.5) is 5.69 Å². The summed E-state index contributed by atoms with van der Waals surface area (Å²) >= 11 is 0. The highest BCUT2D eigenvalue weighted by molar-refractivity contribution is 5.95. The number of rotatable bonds is 5. The molecule has 0 radical (unpaired) electrons. The van der Waals surface area contributed by atoms with Crippen LogP contribution in [0.25, 0.3) is 10.8 Å². The highest BCUT2D eigenvalue weighted by atomic mass is 16.4. The van der Waals surface area contributed by atoms with Crippen LogP contribution in [0, 0.1) is 0 Å². The van der Waals surface area contributed by atoms with Gasteiger partial charge in [0.15, 0.2) is 0 Å². The molecule has 2 aromatic carbocycles. The minimum atomic E-state index is -0.766. The highest BCUT2D eigenvalue weighted by Gasteiger charge is 2.23. The number of aliphatic carboxylic acids is 1. The van der Waals surface area contributed by atoms with Crippen molar-refractivity contribution in [1.82, 2.24) is 0 Å². The van der Waals surface area contributed by atoms with E-state index in [1.807, 2.05) is 61.2 Å². The molecule has 0 saturated heterocycles. The maximum atomic E-state index is 11.4. The molecule has 3 nitrogen and oxygen atoms in total. The molecule has 19 heavy (non-hydrogen) atoms. The SMILES string of the molecule is CC[C@@H](C(=O)O)N(CC)c1cccc2ccccc12. The Morgan fingerprint density at radius 3 is 2.47 bits per heavy atom. The predicted molar refractivity (Wildman–Crippen MR) is 78.7 cm³/mol. The van der Waals surface area contributed by atoms with Gasteiger partial charge in [-0.25, -0.2) is 4.79 Å². The zero-order valence-electron chi connectivity index (χ0n) is 11.3. The molecule has 0 heterocycles. The van der Waals surface area contributed by atoms with Crippen molar-refractivity contribution in [2.45, 2.75) is 26.3 Å². The Hall–Kier alpha value is -2.03. The summed E-state index contributed by atoms with van der Waals surface area (Å²) in [6, 6.07) is 13.6. The maximum Gasteiger partial charge on any atom is 0.326 e. The monoisotopic (exact) mass is 257 g/mol. The Kier molecular flexibility index (Phi) is 4.05. The molecular formula is C16H19NO2. The molecule has 0 aromatic heterocycles. The van der Waals surface area contributed by atoms with Crippen LogP contribution >= 0.6 is 0 Å². The highest BCUT2D eigenvalue weighted by Crippen LogP contribution is 2.28. The van der Waals surface area contributed by atoms with Crippen molar-refractivity contribution in [3.8, 4) is 0 Å². The largest absolute Gasteiger partial charge is 0.480 e. The van der Waals surface area contributed by atoms with Gasteiger partial charge in [0, 0.05) is 17.6 Å². The maximum absolute atomic E-state index is 11.4. The molecular weight excluding hydrogens is 238 g/mol. The molecule has 1 N–H and O–H groups in total. The molecule has 0 bridgehead atoms. The van der Waals surface area contributed by atoms with Crippen LogP contribution in [0.3, 0.4) is 0 Å². The zero-order chi connectivity index (χ0) is 13.8. The van der Waals surface area contributed by atoms with Crippen LogP contribution in [0.15, 0.2) is 42.5 Å². The number of fused-ring (bicyclic) bond motifs is 1. The van der Waals surface area contributed by atoms with E-state index in [-0.39, 0.29) is 0 Å². The Bertz CT molecular complexity index is 574. The van der Waals surface area contributed by atoms with Gasteiger partial charge in [-0.15, -0.1) is 0 Å². The average Bonchev–Trinajstić information content (AvgIpc) is 2.43. The van der Waals surface area contributed by atoms with Gasteiger partial charge < -0.3 is 10.0 Å². The Labute approximate surface area is 113 Å². The summed E-state index contributed by atoms with van der Waals surface area (Å²) in [6.07, 6.45) is 0.590. The lowest BCUT2D eigenvalue weighted by molar-refractivity contribution is -0.138. The number of nitrogens with zero attached hydrogens (tertiary/aromatic N) is 1. The number of benzene rings is 2. The van der Waals surface area contributed by atoms with Crippen LogP contribution in [0.5, 0.6) is 0 Å². The van der Waals surface area contributed by atoms with Gasteiger partial charge in [-0.1, -0.05) is 43.3 Å². The Balaban J connectivity index is 2.54. The minimum absolute atomic E-state index is 0.476. The fraction of sp³-hybridized carbons (Fsp3) is 0.312. The summed E-state index contributed by atoms with van der Waals surface area (Å²) < 4.78 is 0. The summed E-state index contributed by atoms with van der Waals surface area (Å²) in [4.78, 5) is 13.4. The molecule has 2 aromatic rings. The van der Waals surface area contributed by atoms with E-state index in [0.29, 0.717) is 13.0 Å². The number of anilines is 1. The van der Waals surface area contributed by atoms with E-state index in [1.165, 1.54) is 0 Å². The van der Waals surface area contributed by atoms with Gasteiger partial charge in [0.2, 0.25) is 0 Å². The van der Waals surface area contributed by atoms with E-state index in [0.717, 1.165) is 16.5 Å². The number of carbonyl (C=O) groups is 1. The Morgan fingerprint density at radius 2 is 1.84 bits per heavy atom. The summed E-state index contributed by atoms with van der Waals surface area (Å²) in [5.41, 5.74) is 0.995. The number of hydrogen-bond acceptors (Lipinski definition) is 2. The zero-order valence-corrected chi connectivity index (χ0v) is 11.3. The quantitative estimate of drug-likeness (QED) is 0.890. The second-order valence-electron chi connectivity index (χ2n) is 4.55. The normalized spacial score (nSPS) is 12.3. The van der Waals surface area contributed by atoms with Crippen molar-refractivity contribution in [3.63, 3.8) is 0 Å². The molecule has 3 heteroatoms. The predicted octanol–water partition coefficient (Wildman–Crippen LogP) is 3.53. The van der Waals surface area contributed by atoms with Crippen molar-refractivity contribution in [2.75, 3.05) is 11.4 Å². The van der Waals surface area contributed by atoms with Crippen LogP contribution in [0.1, 0.15) is 20.3 Å². The lowest BCUT2D eigenvalue weighted by atomic mass is 10.1. The van der Waals surface area contributed by atoms with Crippen LogP contribution in [0.2, 0.25) is 0 Å². The van der Waals surface area contributed by atoms with Gasteiger partial charge in [-0.2, -0.15) is 0 Å². The van der Waals surface area contributed by atoms with Gasteiger partial charge in [0.05, 0.1) is 0 Å². The molecule has 0 amide bonds. The Morgan fingerprint density at radius 1 is 1.16 bits per heavy atom. The molecule has 1 atom stereocenters. The first-order valence-electron chi connectivity index (χ1n) is 6.66. The summed E-state index contributed by atoms with van der Waals surface area (Å²) in [5, 5.41) is 11.6. The van der Waals surface area contributed by atoms with E-state index < -0.39 is 12.0 Å². The first-order valence-corrected chi connectivity index (χ1v) is 6.66. The molecule has 0 saturated carbocycles. The van der Waals surface area contributed by atoms with E-state index in [4.69, 9.17) is 0 Å². The lowest BCUT2D eigenvalue weighted by Crippen LogP contribution is -2.40. The summed E-state index contributed by atoms with van der Waals surface area (Å²) in [6.45, 7) is 4.58. The van der Waals surface area contributed by atoms with Crippen molar-refractivity contribution < 1.29 is 9.90 Å². The lowest BCUT2D eigenvalue weighted by Gasteiger charge is -2.30.